The van der Waals surface area contributed by atoms with Crippen molar-refractivity contribution in [1.29, 1.82) is 0 Å². The molecule has 4 rings (SSSR count). The number of imide groups is 1. The molecule has 6 nitrogen and oxygen atoms in total. The summed E-state index contributed by atoms with van der Waals surface area (Å²) in [4.78, 5) is 43.5. The Balaban J connectivity index is 1.58. The highest BCUT2D eigenvalue weighted by Gasteiger charge is 2.58. The van der Waals surface area contributed by atoms with Crippen molar-refractivity contribution in [2.45, 2.75) is 25.4 Å². The van der Waals surface area contributed by atoms with E-state index in [0.717, 1.165) is 10.5 Å². The average Bonchev–Trinajstić information content (AvgIpc) is 3.17. The van der Waals surface area contributed by atoms with Gasteiger partial charge in [0.25, 0.3) is 5.91 Å². The number of nitrogens with zero attached hydrogens (tertiary/aromatic N) is 2. The summed E-state index contributed by atoms with van der Waals surface area (Å²) in [6, 6.07) is 13.4. The molecule has 0 radical (unpaired) electrons. The van der Waals surface area contributed by atoms with Crippen LogP contribution in [0.15, 0.2) is 53.7 Å². The van der Waals surface area contributed by atoms with E-state index < -0.39 is 11.5 Å². The molecule has 1 atom stereocenters. The second kappa shape index (κ2) is 6.32. The minimum Gasteiger partial charge on any atom is -0.378 e. The van der Waals surface area contributed by atoms with Gasteiger partial charge in [-0.15, -0.1) is 0 Å². The molecule has 27 heavy (non-hydrogen) atoms. The van der Waals surface area contributed by atoms with Crippen LogP contribution in [0.25, 0.3) is 0 Å². The van der Waals surface area contributed by atoms with Crippen LogP contribution < -0.4 is 4.90 Å². The molecule has 2 amide bonds. The van der Waals surface area contributed by atoms with Gasteiger partial charge in [0, 0.05) is 17.0 Å². The summed E-state index contributed by atoms with van der Waals surface area (Å²) >= 11 is 5.90. The first-order valence-electron chi connectivity index (χ1n) is 8.39. The first-order chi connectivity index (χ1) is 12.9. The topological polar surface area (TPSA) is 76.0 Å². The van der Waals surface area contributed by atoms with Gasteiger partial charge in [-0.05, 0) is 48.9 Å². The summed E-state index contributed by atoms with van der Waals surface area (Å²) in [5.74, 6) is -0.892. The average molecular weight is 383 g/mol. The molecule has 0 saturated carbocycles. The van der Waals surface area contributed by atoms with Crippen molar-refractivity contribution in [2.75, 3.05) is 4.90 Å². The van der Waals surface area contributed by atoms with Gasteiger partial charge >= 0.3 is 0 Å². The molecule has 0 aliphatic carbocycles. The molecule has 2 aliphatic heterocycles. The molecular formula is C20H15ClN2O4. The Morgan fingerprint density at radius 3 is 2.37 bits per heavy atom. The van der Waals surface area contributed by atoms with E-state index in [2.05, 4.69) is 5.16 Å². The van der Waals surface area contributed by atoms with Crippen molar-refractivity contribution in [1.82, 2.24) is 0 Å². The maximum atomic E-state index is 13.0. The minimum absolute atomic E-state index is 0.0825. The van der Waals surface area contributed by atoms with Gasteiger partial charge in [-0.25, -0.2) is 4.90 Å². The number of halogens is 1. The molecule has 2 aliphatic rings. The fraction of sp³-hybridized carbons (Fsp3) is 0.200. The number of ketones is 1. The molecule has 2 heterocycles. The second-order valence-corrected chi connectivity index (χ2v) is 7.06. The second-order valence-electron chi connectivity index (χ2n) is 6.62. The third-order valence-electron chi connectivity index (χ3n) is 4.77. The molecule has 1 spiro atoms. The lowest BCUT2D eigenvalue weighted by atomic mass is 9.92. The van der Waals surface area contributed by atoms with Crippen molar-refractivity contribution in [2.24, 2.45) is 5.16 Å². The molecule has 2 aromatic carbocycles. The van der Waals surface area contributed by atoms with Gasteiger partial charge in [0.15, 0.2) is 5.78 Å². The van der Waals surface area contributed by atoms with E-state index >= 15 is 0 Å². The van der Waals surface area contributed by atoms with Gasteiger partial charge in [-0.2, -0.15) is 0 Å². The normalized spacial score (nSPS) is 21.6. The molecule has 0 aromatic heterocycles. The molecule has 1 fully saturated rings. The maximum Gasteiger partial charge on any atom is 0.281 e. The molecule has 7 heteroatoms. The fourth-order valence-corrected chi connectivity index (χ4v) is 3.43. The third kappa shape index (κ3) is 2.92. The van der Waals surface area contributed by atoms with Crippen LogP contribution in [0.4, 0.5) is 5.69 Å². The number of Topliss-reactive ketones (excluding diaryl/α,β-unsaturated/α-hetero) is 1. The molecular weight excluding hydrogens is 368 g/mol. The lowest BCUT2D eigenvalue weighted by molar-refractivity contribution is -0.136. The Hall–Kier alpha value is -2.99. The largest absolute Gasteiger partial charge is 0.378 e. The number of amides is 2. The number of rotatable bonds is 3. The standard InChI is InChI=1S/C20H15ClN2O4/c1-12(24)13-4-8-16(9-5-13)23-18(25)11-20(19(23)26)10-17(22-27-20)14-2-6-15(21)7-3-14/h2-9H,10-11H2,1H3. The number of carbonyl (C=O) groups excluding carboxylic acids is 3. The Kier molecular flexibility index (Phi) is 4.08. The Morgan fingerprint density at radius 2 is 1.74 bits per heavy atom. The van der Waals surface area contributed by atoms with Crippen LogP contribution in [0, 0.1) is 0 Å². The summed E-state index contributed by atoms with van der Waals surface area (Å²) < 4.78 is 0. The fourth-order valence-electron chi connectivity index (χ4n) is 3.31. The van der Waals surface area contributed by atoms with E-state index in [1.54, 1.807) is 48.5 Å². The van der Waals surface area contributed by atoms with E-state index in [1.807, 2.05) is 0 Å². The Morgan fingerprint density at radius 1 is 1.07 bits per heavy atom. The van der Waals surface area contributed by atoms with Crippen molar-refractivity contribution in [3.05, 3.63) is 64.7 Å². The van der Waals surface area contributed by atoms with Crippen molar-refractivity contribution in [3.8, 4) is 0 Å². The molecule has 136 valence electrons. The first kappa shape index (κ1) is 17.4. The van der Waals surface area contributed by atoms with Crippen LogP contribution in [-0.4, -0.2) is 28.9 Å². The summed E-state index contributed by atoms with van der Waals surface area (Å²) in [5.41, 5.74) is 1.00. The summed E-state index contributed by atoms with van der Waals surface area (Å²) in [7, 11) is 0. The molecule has 0 N–H and O–H groups in total. The minimum atomic E-state index is -1.31. The number of hydrogen-bond donors (Lipinski definition) is 0. The van der Waals surface area contributed by atoms with Crippen LogP contribution in [0.2, 0.25) is 5.02 Å². The van der Waals surface area contributed by atoms with Crippen LogP contribution in [0.5, 0.6) is 0 Å². The highest BCUT2D eigenvalue weighted by molar-refractivity contribution is 6.30. The maximum absolute atomic E-state index is 13.0. The summed E-state index contributed by atoms with van der Waals surface area (Å²) in [6.45, 7) is 1.46. The van der Waals surface area contributed by atoms with Gasteiger partial charge in [-0.3, -0.25) is 14.4 Å². The molecule has 2 aromatic rings. The molecule has 0 bridgehead atoms. The highest BCUT2D eigenvalue weighted by Crippen LogP contribution is 2.39. The SMILES string of the molecule is CC(=O)c1ccc(N2C(=O)CC3(CC(c4ccc(Cl)cc4)=NO3)C2=O)cc1. The quantitative estimate of drug-likeness (QED) is 0.602. The van der Waals surface area contributed by atoms with Crippen molar-refractivity contribution in [3.63, 3.8) is 0 Å². The van der Waals surface area contributed by atoms with Gasteiger partial charge in [-0.1, -0.05) is 28.9 Å². The predicted octanol–water partition coefficient (Wildman–Crippen LogP) is 3.37. The lowest BCUT2D eigenvalue weighted by Gasteiger charge is -2.19. The van der Waals surface area contributed by atoms with Crippen molar-refractivity contribution >= 4 is 40.6 Å². The van der Waals surface area contributed by atoms with E-state index in [9.17, 15) is 14.4 Å². The Bertz CT molecular complexity index is 982. The van der Waals surface area contributed by atoms with Gasteiger partial charge in [0.1, 0.15) is 0 Å². The van der Waals surface area contributed by atoms with Crippen LogP contribution in [0.1, 0.15) is 35.7 Å². The number of carbonyl (C=O) groups is 3. The number of oxime groups is 1. The van der Waals surface area contributed by atoms with E-state index in [-0.39, 0.29) is 24.5 Å². The number of hydrogen-bond acceptors (Lipinski definition) is 5. The first-order valence-corrected chi connectivity index (χ1v) is 8.77. The predicted molar refractivity (Wildman–Crippen MR) is 100.0 cm³/mol. The molecule has 1 saturated heterocycles. The zero-order valence-electron chi connectivity index (χ0n) is 14.4. The number of benzene rings is 2. The highest BCUT2D eigenvalue weighted by atomic mass is 35.5. The molecule has 1 unspecified atom stereocenters. The van der Waals surface area contributed by atoms with E-state index in [1.165, 1.54) is 6.92 Å². The van der Waals surface area contributed by atoms with E-state index in [4.69, 9.17) is 16.4 Å². The van der Waals surface area contributed by atoms with Gasteiger partial charge < -0.3 is 4.84 Å². The van der Waals surface area contributed by atoms with Crippen LogP contribution in [0.3, 0.4) is 0 Å². The summed E-state index contributed by atoms with van der Waals surface area (Å²) in [5, 5.41) is 4.65. The smallest absolute Gasteiger partial charge is 0.281 e. The lowest BCUT2D eigenvalue weighted by Crippen LogP contribution is -2.40. The number of anilines is 1. The monoisotopic (exact) mass is 382 g/mol. The van der Waals surface area contributed by atoms with E-state index in [0.29, 0.717) is 22.0 Å². The third-order valence-corrected chi connectivity index (χ3v) is 5.02. The Labute approximate surface area is 160 Å². The van der Waals surface area contributed by atoms with Crippen molar-refractivity contribution < 1.29 is 19.2 Å². The zero-order chi connectivity index (χ0) is 19.2. The van der Waals surface area contributed by atoms with Crippen LogP contribution in [-0.2, 0) is 14.4 Å². The van der Waals surface area contributed by atoms with Gasteiger partial charge in [0.2, 0.25) is 11.5 Å². The van der Waals surface area contributed by atoms with Crippen LogP contribution >= 0.6 is 11.6 Å². The zero-order valence-corrected chi connectivity index (χ0v) is 15.2. The van der Waals surface area contributed by atoms with Gasteiger partial charge in [0.05, 0.1) is 17.8 Å². The summed E-state index contributed by atoms with van der Waals surface area (Å²) in [6.07, 6.45) is 0.127.